The Bertz CT molecular complexity index is 1440. The maximum absolute atomic E-state index is 5.57. The minimum atomic E-state index is 0.558. The highest BCUT2D eigenvalue weighted by Gasteiger charge is 2.20. The van der Waals surface area contributed by atoms with Crippen LogP contribution >= 0.6 is 0 Å². The molecule has 7 heteroatoms. The summed E-state index contributed by atoms with van der Waals surface area (Å²) in [4.78, 5) is 12.0. The zero-order valence-electron chi connectivity index (χ0n) is 19.1. The second-order valence-electron chi connectivity index (χ2n) is 8.76. The summed E-state index contributed by atoms with van der Waals surface area (Å²) in [7, 11) is 0. The summed E-state index contributed by atoms with van der Waals surface area (Å²) in [6.07, 6.45) is 4.62. The number of benzene rings is 2. The molecule has 1 aliphatic heterocycles. The molecule has 0 unspecified atom stereocenters. The van der Waals surface area contributed by atoms with Gasteiger partial charge in [0.15, 0.2) is 11.4 Å². The lowest BCUT2D eigenvalue weighted by Gasteiger charge is -2.28. The molecule has 0 fully saturated rings. The molecular formula is C27H26N6O. The molecule has 6 rings (SSSR count). The van der Waals surface area contributed by atoms with Crippen LogP contribution in [0.5, 0.6) is 0 Å². The Labute approximate surface area is 198 Å². The van der Waals surface area contributed by atoms with Crippen LogP contribution in [0.25, 0.3) is 17.2 Å². The van der Waals surface area contributed by atoms with E-state index >= 15 is 0 Å². The number of aryl methyl sites for hydroxylation is 1. The highest BCUT2D eigenvalue weighted by atomic mass is 16.3. The molecule has 0 atom stereocenters. The van der Waals surface area contributed by atoms with Crippen molar-refractivity contribution in [1.82, 2.24) is 24.5 Å². The van der Waals surface area contributed by atoms with E-state index in [2.05, 4.69) is 65.7 Å². The Morgan fingerprint density at radius 1 is 0.971 bits per heavy atom. The summed E-state index contributed by atoms with van der Waals surface area (Å²) in [5, 5.41) is 8.20. The van der Waals surface area contributed by atoms with Gasteiger partial charge in [0.25, 0.3) is 0 Å². The quantitative estimate of drug-likeness (QED) is 0.398. The van der Waals surface area contributed by atoms with Gasteiger partial charge in [-0.2, -0.15) is 4.52 Å². The zero-order valence-corrected chi connectivity index (χ0v) is 19.1. The van der Waals surface area contributed by atoms with Crippen LogP contribution in [-0.2, 0) is 26.1 Å². The van der Waals surface area contributed by atoms with Crippen molar-refractivity contribution in [3.8, 4) is 11.6 Å². The number of fused-ring (bicyclic) bond motifs is 2. The molecule has 1 N–H and O–H groups in total. The molecule has 0 spiro atoms. The van der Waals surface area contributed by atoms with Crippen LogP contribution in [0.2, 0.25) is 0 Å². The smallest absolute Gasteiger partial charge is 0.226 e. The molecule has 1 aliphatic rings. The fourth-order valence-corrected chi connectivity index (χ4v) is 4.57. The van der Waals surface area contributed by atoms with Crippen LogP contribution in [0.3, 0.4) is 0 Å². The molecule has 0 saturated carbocycles. The van der Waals surface area contributed by atoms with Crippen molar-refractivity contribution in [2.45, 2.75) is 33.0 Å². The van der Waals surface area contributed by atoms with E-state index < -0.39 is 0 Å². The second kappa shape index (κ2) is 8.76. The second-order valence-corrected chi connectivity index (χ2v) is 8.76. The number of nitrogens with one attached hydrogen (secondary N) is 1. The molecule has 4 heterocycles. The zero-order chi connectivity index (χ0) is 22.9. The van der Waals surface area contributed by atoms with Gasteiger partial charge in [-0.1, -0.05) is 48.5 Å². The monoisotopic (exact) mass is 450 g/mol. The average Bonchev–Trinajstić information content (AvgIpc) is 3.55. The third kappa shape index (κ3) is 3.95. The molecule has 170 valence electrons. The van der Waals surface area contributed by atoms with Crippen LogP contribution in [0.1, 0.15) is 27.8 Å². The van der Waals surface area contributed by atoms with Gasteiger partial charge in [0, 0.05) is 37.9 Å². The topological polar surface area (TPSA) is 71.5 Å². The van der Waals surface area contributed by atoms with Gasteiger partial charge in [-0.3, -0.25) is 4.90 Å². The van der Waals surface area contributed by atoms with E-state index in [0.717, 1.165) is 37.3 Å². The Kier molecular flexibility index (Phi) is 5.31. The molecule has 2 aromatic carbocycles. The summed E-state index contributed by atoms with van der Waals surface area (Å²) in [6.45, 7) is 5.47. The SMILES string of the molecule is Cc1ccccc1CNc1ncc(CN2CCc3ccccc3C2)c2nc(-c3ccco3)nn12. The van der Waals surface area contributed by atoms with Crippen molar-refractivity contribution < 1.29 is 4.42 Å². The molecule has 7 nitrogen and oxygen atoms in total. The number of furan rings is 1. The lowest BCUT2D eigenvalue weighted by Crippen LogP contribution is -2.30. The number of nitrogens with zero attached hydrogens (tertiary/aromatic N) is 5. The fourth-order valence-electron chi connectivity index (χ4n) is 4.57. The lowest BCUT2D eigenvalue weighted by molar-refractivity contribution is 0.246. The predicted octanol–water partition coefficient (Wildman–Crippen LogP) is 4.86. The number of rotatable bonds is 6. The minimum Gasteiger partial charge on any atom is -0.461 e. The summed E-state index contributed by atoms with van der Waals surface area (Å²) in [6, 6.07) is 20.8. The van der Waals surface area contributed by atoms with Gasteiger partial charge < -0.3 is 9.73 Å². The number of aromatic nitrogens is 4. The van der Waals surface area contributed by atoms with E-state index in [1.54, 1.807) is 6.26 Å². The van der Waals surface area contributed by atoms with E-state index in [1.165, 1.54) is 22.3 Å². The summed E-state index contributed by atoms with van der Waals surface area (Å²) < 4.78 is 7.38. The lowest BCUT2D eigenvalue weighted by atomic mass is 10.00. The van der Waals surface area contributed by atoms with Crippen molar-refractivity contribution in [3.05, 3.63) is 101 Å². The molecule has 3 aromatic heterocycles. The van der Waals surface area contributed by atoms with Crippen LogP contribution in [0, 0.1) is 6.92 Å². The van der Waals surface area contributed by atoms with Gasteiger partial charge in [-0.25, -0.2) is 9.97 Å². The molecule has 0 amide bonds. The minimum absolute atomic E-state index is 0.558. The van der Waals surface area contributed by atoms with E-state index in [0.29, 0.717) is 24.1 Å². The Morgan fingerprint density at radius 2 is 1.82 bits per heavy atom. The maximum Gasteiger partial charge on any atom is 0.226 e. The van der Waals surface area contributed by atoms with Gasteiger partial charge in [-0.05, 0) is 47.7 Å². The van der Waals surface area contributed by atoms with Gasteiger partial charge >= 0.3 is 0 Å². The summed E-state index contributed by atoms with van der Waals surface area (Å²) >= 11 is 0. The third-order valence-electron chi connectivity index (χ3n) is 6.48. The highest BCUT2D eigenvalue weighted by molar-refractivity contribution is 5.58. The first-order valence-corrected chi connectivity index (χ1v) is 11.6. The van der Waals surface area contributed by atoms with Crippen molar-refractivity contribution in [2.24, 2.45) is 0 Å². The Hall–Kier alpha value is -3.97. The Balaban J connectivity index is 1.33. The molecular weight excluding hydrogens is 424 g/mol. The first-order valence-electron chi connectivity index (χ1n) is 11.6. The number of hydrogen-bond acceptors (Lipinski definition) is 6. The van der Waals surface area contributed by atoms with Gasteiger partial charge in [0.2, 0.25) is 11.8 Å². The summed E-state index contributed by atoms with van der Waals surface area (Å²) in [5.41, 5.74) is 7.15. The van der Waals surface area contributed by atoms with E-state index in [1.807, 2.05) is 22.8 Å². The van der Waals surface area contributed by atoms with Gasteiger partial charge in [0.1, 0.15) is 0 Å². The number of anilines is 1. The van der Waals surface area contributed by atoms with Crippen LogP contribution in [0.15, 0.2) is 77.5 Å². The van der Waals surface area contributed by atoms with Crippen LogP contribution in [0.4, 0.5) is 5.95 Å². The molecule has 0 saturated heterocycles. The summed E-state index contributed by atoms with van der Waals surface area (Å²) in [5.74, 6) is 1.87. The number of hydrogen-bond donors (Lipinski definition) is 1. The molecule has 0 aliphatic carbocycles. The molecule has 0 radical (unpaired) electrons. The van der Waals surface area contributed by atoms with Gasteiger partial charge in [-0.15, -0.1) is 5.10 Å². The van der Waals surface area contributed by atoms with E-state index in [4.69, 9.17) is 19.5 Å². The Morgan fingerprint density at radius 3 is 2.68 bits per heavy atom. The van der Waals surface area contributed by atoms with Crippen molar-refractivity contribution >= 4 is 11.6 Å². The average molecular weight is 451 g/mol. The first-order chi connectivity index (χ1) is 16.7. The highest BCUT2D eigenvalue weighted by Crippen LogP contribution is 2.24. The van der Waals surface area contributed by atoms with E-state index in [9.17, 15) is 0 Å². The predicted molar refractivity (Wildman–Crippen MR) is 131 cm³/mol. The largest absolute Gasteiger partial charge is 0.461 e. The first kappa shape index (κ1) is 20.6. The van der Waals surface area contributed by atoms with Crippen molar-refractivity contribution in [3.63, 3.8) is 0 Å². The standard InChI is InChI=1S/C27H26N6O/c1-19-7-2-3-9-21(19)15-28-27-29-16-23(18-32-13-12-20-8-4-5-10-22(20)17-32)26-30-25(31-33(26)27)24-11-6-14-34-24/h2-11,14,16H,12-13,15,17-18H2,1H3,(H,28,29). The molecule has 0 bridgehead atoms. The molecule has 5 aromatic rings. The normalized spacial score (nSPS) is 13.8. The maximum atomic E-state index is 5.57. The molecule has 34 heavy (non-hydrogen) atoms. The van der Waals surface area contributed by atoms with E-state index in [-0.39, 0.29) is 0 Å². The third-order valence-corrected chi connectivity index (χ3v) is 6.48. The fraction of sp³-hybridized carbons (Fsp3) is 0.222. The van der Waals surface area contributed by atoms with Crippen LogP contribution < -0.4 is 5.32 Å². The van der Waals surface area contributed by atoms with Crippen LogP contribution in [-0.4, -0.2) is 31.0 Å². The van der Waals surface area contributed by atoms with Gasteiger partial charge in [0.05, 0.1) is 6.26 Å². The van der Waals surface area contributed by atoms with Crippen molar-refractivity contribution in [1.29, 1.82) is 0 Å². The van der Waals surface area contributed by atoms with Crippen molar-refractivity contribution in [2.75, 3.05) is 11.9 Å².